The lowest BCUT2D eigenvalue weighted by Crippen LogP contribution is -2.49. The number of furan rings is 1. The van der Waals surface area contributed by atoms with Crippen LogP contribution in [0.2, 0.25) is 0 Å². The number of ether oxygens (including phenoxy) is 1. The number of nitrogens with one attached hydrogen (secondary N) is 2. The predicted octanol–water partition coefficient (Wildman–Crippen LogP) is 2.11. The molecule has 1 fully saturated rings. The first-order valence-electron chi connectivity index (χ1n) is 8.60. The number of aliphatic imine (C=N–C) groups is 1. The van der Waals surface area contributed by atoms with Crippen LogP contribution >= 0.6 is 24.0 Å². The van der Waals surface area contributed by atoms with E-state index in [1.54, 1.807) is 13.4 Å². The Labute approximate surface area is 162 Å². The summed E-state index contributed by atoms with van der Waals surface area (Å²) in [7, 11) is 1.76. The highest BCUT2D eigenvalue weighted by Crippen LogP contribution is 2.10. The van der Waals surface area contributed by atoms with Gasteiger partial charge in [0.2, 0.25) is 0 Å². The molecule has 0 amide bonds. The van der Waals surface area contributed by atoms with E-state index in [-0.39, 0.29) is 24.0 Å². The van der Waals surface area contributed by atoms with Gasteiger partial charge >= 0.3 is 0 Å². The lowest BCUT2D eigenvalue weighted by Gasteiger charge is -2.32. The second kappa shape index (κ2) is 12.5. The molecule has 0 spiro atoms. The minimum Gasteiger partial charge on any atom is -0.469 e. The van der Waals surface area contributed by atoms with E-state index in [2.05, 4.69) is 27.4 Å². The molecule has 0 unspecified atom stereocenters. The zero-order valence-electron chi connectivity index (χ0n) is 14.8. The molecule has 0 atom stereocenters. The van der Waals surface area contributed by atoms with Crippen LogP contribution in [0.1, 0.15) is 25.5 Å². The van der Waals surface area contributed by atoms with Crippen LogP contribution in [0.25, 0.3) is 0 Å². The van der Waals surface area contributed by atoms with E-state index in [0.717, 1.165) is 70.3 Å². The Morgan fingerprint density at radius 2 is 2.21 bits per heavy atom. The number of halogens is 1. The number of methoxy groups -OCH3 is 1. The Morgan fingerprint density at radius 1 is 1.42 bits per heavy atom. The number of hydrogen-bond acceptors (Lipinski definition) is 4. The SMILES string of the molecule is CCNC(=NCCc1ccco1)NC1CCN(CCOC)CC1.I. The summed E-state index contributed by atoms with van der Waals surface area (Å²) >= 11 is 0. The van der Waals surface area contributed by atoms with Gasteiger partial charge in [0, 0.05) is 52.3 Å². The zero-order valence-corrected chi connectivity index (χ0v) is 17.1. The first-order chi connectivity index (χ1) is 11.3. The molecule has 2 heterocycles. The summed E-state index contributed by atoms with van der Waals surface area (Å²) in [5.74, 6) is 1.89. The maximum absolute atomic E-state index is 5.34. The molecule has 24 heavy (non-hydrogen) atoms. The highest BCUT2D eigenvalue weighted by atomic mass is 127. The fourth-order valence-electron chi connectivity index (χ4n) is 2.77. The number of hydrogen-bond donors (Lipinski definition) is 2. The van der Waals surface area contributed by atoms with E-state index >= 15 is 0 Å². The minimum absolute atomic E-state index is 0. The molecule has 6 nitrogen and oxygen atoms in total. The van der Waals surface area contributed by atoms with Gasteiger partial charge in [0.15, 0.2) is 5.96 Å². The van der Waals surface area contributed by atoms with Crippen LogP contribution in [0.15, 0.2) is 27.8 Å². The molecular formula is C17H31IN4O2. The normalized spacial score (nSPS) is 16.7. The molecule has 138 valence electrons. The van der Waals surface area contributed by atoms with E-state index in [1.807, 2.05) is 12.1 Å². The number of guanidine groups is 1. The van der Waals surface area contributed by atoms with Crippen LogP contribution in [-0.4, -0.2) is 63.3 Å². The van der Waals surface area contributed by atoms with E-state index in [1.165, 1.54) is 0 Å². The van der Waals surface area contributed by atoms with Gasteiger partial charge in [-0.3, -0.25) is 4.99 Å². The smallest absolute Gasteiger partial charge is 0.191 e. The van der Waals surface area contributed by atoms with E-state index in [4.69, 9.17) is 9.15 Å². The second-order valence-corrected chi connectivity index (χ2v) is 5.84. The number of nitrogens with zero attached hydrogens (tertiary/aromatic N) is 2. The molecule has 0 radical (unpaired) electrons. The predicted molar refractivity (Wildman–Crippen MR) is 108 cm³/mol. The summed E-state index contributed by atoms with van der Waals surface area (Å²) < 4.78 is 10.5. The monoisotopic (exact) mass is 450 g/mol. The average Bonchev–Trinajstić information content (AvgIpc) is 3.08. The van der Waals surface area contributed by atoms with Crippen molar-refractivity contribution in [2.75, 3.05) is 46.4 Å². The van der Waals surface area contributed by atoms with Gasteiger partial charge in [-0.05, 0) is 31.9 Å². The molecule has 1 aromatic rings. The van der Waals surface area contributed by atoms with Crippen molar-refractivity contribution in [1.82, 2.24) is 15.5 Å². The first-order valence-corrected chi connectivity index (χ1v) is 8.60. The molecule has 1 aliphatic heterocycles. The summed E-state index contributed by atoms with van der Waals surface area (Å²) in [4.78, 5) is 7.11. The number of rotatable bonds is 8. The Morgan fingerprint density at radius 3 is 2.83 bits per heavy atom. The fraction of sp³-hybridized carbons (Fsp3) is 0.706. The Kier molecular flexibility index (Phi) is 11.1. The molecule has 2 rings (SSSR count). The largest absolute Gasteiger partial charge is 0.469 e. The van der Waals surface area contributed by atoms with Gasteiger partial charge in [0.1, 0.15) is 5.76 Å². The van der Waals surface area contributed by atoms with Crippen LogP contribution in [0.5, 0.6) is 0 Å². The van der Waals surface area contributed by atoms with Crippen LogP contribution in [-0.2, 0) is 11.2 Å². The van der Waals surface area contributed by atoms with Gasteiger partial charge in [-0.25, -0.2) is 0 Å². The Balaban J connectivity index is 0.00000288. The first kappa shape index (κ1) is 21.2. The third-order valence-corrected chi connectivity index (χ3v) is 4.09. The van der Waals surface area contributed by atoms with Gasteiger partial charge in [0.05, 0.1) is 12.9 Å². The van der Waals surface area contributed by atoms with Gasteiger partial charge in [-0.15, -0.1) is 24.0 Å². The highest BCUT2D eigenvalue weighted by molar-refractivity contribution is 14.0. The Bertz CT molecular complexity index is 445. The van der Waals surface area contributed by atoms with Gasteiger partial charge < -0.3 is 24.7 Å². The van der Waals surface area contributed by atoms with Crippen molar-refractivity contribution in [3.63, 3.8) is 0 Å². The van der Waals surface area contributed by atoms with Crippen molar-refractivity contribution in [3.8, 4) is 0 Å². The van der Waals surface area contributed by atoms with Crippen molar-refractivity contribution in [1.29, 1.82) is 0 Å². The van der Waals surface area contributed by atoms with Gasteiger partial charge in [-0.2, -0.15) is 0 Å². The molecule has 2 N–H and O–H groups in total. The topological polar surface area (TPSA) is 62.0 Å². The van der Waals surface area contributed by atoms with E-state index in [0.29, 0.717) is 6.04 Å². The molecule has 1 saturated heterocycles. The molecule has 0 aliphatic carbocycles. The second-order valence-electron chi connectivity index (χ2n) is 5.84. The maximum atomic E-state index is 5.34. The summed E-state index contributed by atoms with van der Waals surface area (Å²) in [6, 6.07) is 4.40. The van der Waals surface area contributed by atoms with Crippen molar-refractivity contribution in [2.45, 2.75) is 32.2 Å². The van der Waals surface area contributed by atoms with Crippen LogP contribution < -0.4 is 10.6 Å². The van der Waals surface area contributed by atoms with Crippen LogP contribution in [0, 0.1) is 0 Å². The molecule has 1 aromatic heterocycles. The summed E-state index contributed by atoms with van der Waals surface area (Å²) in [6.07, 6.45) is 4.83. The molecular weight excluding hydrogens is 419 g/mol. The maximum Gasteiger partial charge on any atom is 0.191 e. The molecule has 0 aromatic carbocycles. The summed E-state index contributed by atoms with van der Waals surface area (Å²) in [5.41, 5.74) is 0. The minimum atomic E-state index is 0. The van der Waals surface area contributed by atoms with Gasteiger partial charge in [-0.1, -0.05) is 0 Å². The number of piperidine rings is 1. The van der Waals surface area contributed by atoms with Crippen molar-refractivity contribution in [2.24, 2.45) is 4.99 Å². The van der Waals surface area contributed by atoms with Crippen LogP contribution in [0.4, 0.5) is 0 Å². The molecule has 0 saturated carbocycles. The third-order valence-electron chi connectivity index (χ3n) is 4.09. The van der Waals surface area contributed by atoms with E-state index < -0.39 is 0 Å². The molecule has 0 bridgehead atoms. The van der Waals surface area contributed by atoms with E-state index in [9.17, 15) is 0 Å². The molecule has 1 aliphatic rings. The standard InChI is InChI=1S/C17H30N4O2.HI/c1-3-18-17(19-9-6-16-5-4-13-23-16)20-15-7-10-21(11-8-15)12-14-22-2;/h4-5,13,15H,3,6-12,14H2,1-2H3,(H2,18,19,20);1H. The van der Waals surface area contributed by atoms with Crippen molar-refractivity contribution < 1.29 is 9.15 Å². The lowest BCUT2D eigenvalue weighted by molar-refractivity contribution is 0.128. The lowest BCUT2D eigenvalue weighted by atomic mass is 10.1. The quantitative estimate of drug-likeness (QED) is 0.361. The van der Waals surface area contributed by atoms with Crippen molar-refractivity contribution >= 4 is 29.9 Å². The van der Waals surface area contributed by atoms with Crippen LogP contribution in [0.3, 0.4) is 0 Å². The zero-order chi connectivity index (χ0) is 16.3. The summed E-state index contributed by atoms with van der Waals surface area (Å²) in [6.45, 7) is 7.78. The Hall–Kier alpha value is -0.800. The number of likely N-dealkylation sites (tertiary alicyclic amines) is 1. The fourth-order valence-corrected chi connectivity index (χ4v) is 2.77. The third kappa shape index (κ3) is 7.85. The van der Waals surface area contributed by atoms with Gasteiger partial charge in [0.25, 0.3) is 0 Å². The summed E-state index contributed by atoms with van der Waals surface area (Å²) in [5, 5.41) is 6.89. The molecule has 7 heteroatoms. The highest BCUT2D eigenvalue weighted by Gasteiger charge is 2.19. The van der Waals surface area contributed by atoms with Crippen molar-refractivity contribution in [3.05, 3.63) is 24.2 Å². The average molecular weight is 450 g/mol.